The summed E-state index contributed by atoms with van der Waals surface area (Å²) in [6, 6.07) is 14.6. The van der Waals surface area contributed by atoms with Crippen molar-refractivity contribution >= 4 is 39.5 Å². The lowest BCUT2D eigenvalue weighted by Gasteiger charge is -2.37. The Labute approximate surface area is 221 Å². The van der Waals surface area contributed by atoms with Gasteiger partial charge in [0, 0.05) is 23.5 Å². The number of fused-ring (bicyclic) bond motifs is 1. The third-order valence-corrected chi connectivity index (χ3v) is 9.75. The van der Waals surface area contributed by atoms with Crippen molar-refractivity contribution in [1.82, 2.24) is 0 Å². The number of carboxylic acid groups (broad SMARTS) is 1. The first-order chi connectivity index (χ1) is 17.7. The molecule has 0 radical (unpaired) electrons. The SMILES string of the molecule is O=C(O)c1cc(-c2cc3c(cc2Cl)N(c2ccccc2)CC(C2CCCCC2)CS3(O)O)cc(F)c1F. The minimum absolute atomic E-state index is 0.0296. The maximum absolute atomic E-state index is 14.3. The van der Waals surface area contributed by atoms with Gasteiger partial charge in [0.05, 0.1) is 21.2 Å². The van der Waals surface area contributed by atoms with E-state index >= 15 is 0 Å². The van der Waals surface area contributed by atoms with Crippen molar-refractivity contribution < 1.29 is 27.8 Å². The van der Waals surface area contributed by atoms with Crippen LogP contribution in [0, 0.1) is 23.5 Å². The molecule has 5 rings (SSSR count). The highest BCUT2D eigenvalue weighted by atomic mass is 35.5. The molecular weight excluding hydrogens is 520 g/mol. The molecule has 1 aliphatic heterocycles. The molecule has 3 aromatic carbocycles. The minimum Gasteiger partial charge on any atom is -0.478 e. The van der Waals surface area contributed by atoms with Gasteiger partial charge in [0.25, 0.3) is 0 Å². The molecule has 37 heavy (non-hydrogen) atoms. The van der Waals surface area contributed by atoms with Crippen LogP contribution in [-0.4, -0.2) is 32.5 Å². The zero-order valence-electron chi connectivity index (χ0n) is 20.0. The largest absolute Gasteiger partial charge is 0.478 e. The van der Waals surface area contributed by atoms with Gasteiger partial charge in [0.15, 0.2) is 11.6 Å². The molecule has 3 aromatic rings. The molecule has 5 nitrogen and oxygen atoms in total. The standard InChI is InChI=1S/C28H28ClF2NO4S/c29-23-14-25-26(13-21(23)18-11-22(28(33)34)27(31)24(30)12-18)37(35,36)16-19(17-7-3-1-4-8-17)15-32(25)20-9-5-2-6-10-20/h2,5-6,9-14,17,19,35-36H,1,3-4,7-8,15-16H2,(H,33,34). The Hall–Kier alpha value is -2.65. The molecule has 0 spiro atoms. The van der Waals surface area contributed by atoms with E-state index in [-0.39, 0.29) is 32.7 Å². The zero-order valence-corrected chi connectivity index (χ0v) is 21.6. The molecule has 0 amide bonds. The average molecular weight is 548 g/mol. The maximum atomic E-state index is 14.3. The molecule has 1 saturated carbocycles. The van der Waals surface area contributed by atoms with Gasteiger partial charge in [-0.2, -0.15) is 10.6 Å². The van der Waals surface area contributed by atoms with Gasteiger partial charge in [-0.25, -0.2) is 13.6 Å². The van der Waals surface area contributed by atoms with Gasteiger partial charge < -0.3 is 10.0 Å². The van der Waals surface area contributed by atoms with E-state index in [1.807, 2.05) is 30.3 Å². The molecule has 1 atom stereocenters. The van der Waals surface area contributed by atoms with E-state index in [1.165, 1.54) is 12.5 Å². The highest BCUT2D eigenvalue weighted by molar-refractivity contribution is 8.24. The summed E-state index contributed by atoms with van der Waals surface area (Å²) in [5.74, 6) is -3.82. The zero-order chi connectivity index (χ0) is 26.3. The number of carboxylic acids is 1. The van der Waals surface area contributed by atoms with E-state index < -0.39 is 33.8 Å². The molecule has 1 aliphatic carbocycles. The Balaban J connectivity index is 1.68. The van der Waals surface area contributed by atoms with E-state index in [0.717, 1.165) is 43.5 Å². The quantitative estimate of drug-likeness (QED) is 0.305. The third kappa shape index (κ3) is 5.08. The predicted molar refractivity (Wildman–Crippen MR) is 143 cm³/mol. The van der Waals surface area contributed by atoms with Gasteiger partial charge in [-0.05, 0) is 53.8 Å². The second-order valence-corrected chi connectivity index (χ2v) is 12.4. The van der Waals surface area contributed by atoms with E-state index in [4.69, 9.17) is 11.6 Å². The number of para-hydroxylation sites is 1. The number of benzene rings is 3. The Bertz CT molecular complexity index is 1330. The molecule has 1 heterocycles. The lowest BCUT2D eigenvalue weighted by molar-refractivity contribution is 0.0690. The molecule has 0 bridgehead atoms. The first-order valence-electron chi connectivity index (χ1n) is 12.3. The summed E-state index contributed by atoms with van der Waals surface area (Å²) in [6.07, 6.45) is 5.51. The van der Waals surface area contributed by atoms with Gasteiger partial charge in [0.1, 0.15) is 0 Å². The lowest BCUT2D eigenvalue weighted by atomic mass is 9.80. The van der Waals surface area contributed by atoms with Gasteiger partial charge in [-0.1, -0.05) is 61.9 Å². The monoisotopic (exact) mass is 547 g/mol. The fourth-order valence-electron chi connectivity index (χ4n) is 5.65. The molecule has 0 saturated heterocycles. The lowest BCUT2D eigenvalue weighted by Crippen LogP contribution is -2.32. The van der Waals surface area contributed by atoms with Crippen LogP contribution in [0.3, 0.4) is 0 Å². The predicted octanol–water partition coefficient (Wildman–Crippen LogP) is 8.44. The smallest absolute Gasteiger partial charge is 0.338 e. The van der Waals surface area contributed by atoms with Crippen molar-refractivity contribution in [2.75, 3.05) is 17.2 Å². The number of hydrogen-bond donors (Lipinski definition) is 3. The average Bonchev–Trinajstić information content (AvgIpc) is 2.99. The molecule has 0 aromatic heterocycles. The minimum atomic E-state index is -3.29. The summed E-state index contributed by atoms with van der Waals surface area (Å²) in [7, 11) is -3.29. The van der Waals surface area contributed by atoms with E-state index in [2.05, 4.69) is 4.90 Å². The van der Waals surface area contributed by atoms with Gasteiger partial charge >= 0.3 is 5.97 Å². The van der Waals surface area contributed by atoms with Crippen LogP contribution in [-0.2, 0) is 0 Å². The number of hydrogen-bond acceptors (Lipinski definition) is 4. The first-order valence-corrected chi connectivity index (χ1v) is 14.4. The van der Waals surface area contributed by atoms with Crippen LogP contribution in [0.4, 0.5) is 20.2 Å². The van der Waals surface area contributed by atoms with Crippen molar-refractivity contribution in [2.45, 2.75) is 37.0 Å². The Morgan fingerprint density at radius 2 is 1.68 bits per heavy atom. The molecular formula is C28H28ClF2NO4S. The van der Waals surface area contributed by atoms with Crippen LogP contribution in [0.1, 0.15) is 42.5 Å². The second-order valence-electron chi connectivity index (χ2n) is 9.86. The third-order valence-electron chi connectivity index (χ3n) is 7.51. The van der Waals surface area contributed by atoms with Crippen molar-refractivity contribution in [3.8, 4) is 11.1 Å². The summed E-state index contributed by atoms with van der Waals surface area (Å²) in [5, 5.41) is 9.50. The highest BCUT2D eigenvalue weighted by Gasteiger charge is 2.37. The Kier molecular flexibility index (Phi) is 7.20. The van der Waals surface area contributed by atoms with Crippen molar-refractivity contribution in [2.24, 2.45) is 11.8 Å². The maximum Gasteiger partial charge on any atom is 0.338 e. The van der Waals surface area contributed by atoms with Gasteiger partial charge in [-0.15, -0.1) is 0 Å². The van der Waals surface area contributed by atoms with Crippen LogP contribution in [0.15, 0.2) is 59.5 Å². The first kappa shape index (κ1) is 26.0. The Morgan fingerprint density at radius 1 is 0.973 bits per heavy atom. The van der Waals surface area contributed by atoms with E-state index in [0.29, 0.717) is 18.2 Å². The molecule has 1 fully saturated rings. The number of anilines is 2. The normalized spacial score (nSPS) is 20.7. The van der Waals surface area contributed by atoms with Crippen molar-refractivity contribution in [3.63, 3.8) is 0 Å². The van der Waals surface area contributed by atoms with Crippen LogP contribution >= 0.6 is 22.2 Å². The van der Waals surface area contributed by atoms with Gasteiger partial charge in [0.2, 0.25) is 0 Å². The molecule has 1 unspecified atom stereocenters. The summed E-state index contributed by atoms with van der Waals surface area (Å²) in [6.45, 7) is 0.585. The summed E-state index contributed by atoms with van der Waals surface area (Å²) in [5.41, 5.74) is 0.839. The van der Waals surface area contributed by atoms with Crippen LogP contribution < -0.4 is 4.90 Å². The fraction of sp³-hybridized carbons (Fsp3) is 0.321. The van der Waals surface area contributed by atoms with E-state index in [9.17, 15) is 27.8 Å². The summed E-state index contributed by atoms with van der Waals surface area (Å²) >= 11 is 6.66. The molecule has 2 aliphatic rings. The Morgan fingerprint density at radius 3 is 2.35 bits per heavy atom. The topological polar surface area (TPSA) is 81.0 Å². The summed E-state index contributed by atoms with van der Waals surface area (Å²) in [4.78, 5) is 13.8. The molecule has 3 N–H and O–H groups in total. The van der Waals surface area contributed by atoms with Crippen LogP contribution in [0.5, 0.6) is 0 Å². The van der Waals surface area contributed by atoms with Crippen molar-refractivity contribution in [3.05, 3.63) is 76.8 Å². The molecule has 9 heteroatoms. The number of rotatable bonds is 4. The van der Waals surface area contributed by atoms with Gasteiger partial charge in [-0.3, -0.25) is 9.11 Å². The van der Waals surface area contributed by atoms with E-state index in [1.54, 1.807) is 6.07 Å². The summed E-state index contributed by atoms with van der Waals surface area (Å²) < 4.78 is 51.5. The van der Waals surface area contributed by atoms with Crippen LogP contribution in [0.25, 0.3) is 11.1 Å². The number of nitrogens with zero attached hydrogens (tertiary/aromatic N) is 1. The molecule has 196 valence electrons. The number of halogens is 3. The second kappa shape index (κ2) is 10.3. The fourth-order valence-corrected chi connectivity index (χ4v) is 7.89. The number of aromatic carboxylic acids is 1. The number of carbonyl (C=O) groups is 1. The highest BCUT2D eigenvalue weighted by Crippen LogP contribution is 2.59. The van der Waals surface area contributed by atoms with Crippen LogP contribution in [0.2, 0.25) is 5.02 Å². The van der Waals surface area contributed by atoms with Crippen molar-refractivity contribution in [1.29, 1.82) is 0 Å².